The highest BCUT2D eigenvalue weighted by atomic mass is 16.5. The molecule has 4 heteroatoms. The van der Waals surface area contributed by atoms with Gasteiger partial charge < -0.3 is 14.4 Å². The summed E-state index contributed by atoms with van der Waals surface area (Å²) in [6.45, 7) is 13.4. The molecule has 23 heavy (non-hydrogen) atoms. The highest BCUT2D eigenvalue weighted by Crippen LogP contribution is 2.28. The molecule has 1 heterocycles. The van der Waals surface area contributed by atoms with Crippen LogP contribution in [0.25, 0.3) is 0 Å². The van der Waals surface area contributed by atoms with Crippen molar-refractivity contribution in [2.75, 3.05) is 13.1 Å². The van der Waals surface area contributed by atoms with Gasteiger partial charge in [0.2, 0.25) is 0 Å². The molecule has 0 aliphatic carbocycles. The van der Waals surface area contributed by atoms with Gasteiger partial charge in [-0.2, -0.15) is 0 Å². The van der Waals surface area contributed by atoms with Crippen LogP contribution in [-0.4, -0.2) is 42.2 Å². The molecule has 0 saturated carbocycles. The quantitative estimate of drug-likeness (QED) is 0.852. The Morgan fingerprint density at radius 1 is 1.22 bits per heavy atom. The van der Waals surface area contributed by atoms with Crippen molar-refractivity contribution in [2.24, 2.45) is 0 Å². The predicted octanol–water partition coefficient (Wildman–Crippen LogP) is 3.52. The zero-order valence-corrected chi connectivity index (χ0v) is 15.1. The summed E-state index contributed by atoms with van der Waals surface area (Å²) < 4.78 is 11.7. The smallest absolute Gasteiger partial charge is 0.263 e. The van der Waals surface area contributed by atoms with Crippen LogP contribution in [0.1, 0.15) is 51.7 Å². The Kier molecular flexibility index (Phi) is 5.69. The van der Waals surface area contributed by atoms with Gasteiger partial charge in [0.05, 0.1) is 12.2 Å². The van der Waals surface area contributed by atoms with E-state index in [0.717, 1.165) is 16.9 Å². The monoisotopic (exact) mass is 319 g/mol. The maximum Gasteiger partial charge on any atom is 0.263 e. The largest absolute Gasteiger partial charge is 0.481 e. The maximum absolute atomic E-state index is 12.7. The molecular formula is C19H29NO3. The summed E-state index contributed by atoms with van der Waals surface area (Å²) in [6, 6.07) is 6.19. The lowest BCUT2D eigenvalue weighted by Crippen LogP contribution is -2.51. The molecule has 2 rings (SSSR count). The molecule has 1 fully saturated rings. The molecule has 4 nitrogen and oxygen atoms in total. The third kappa shape index (κ3) is 4.47. The van der Waals surface area contributed by atoms with Crippen LogP contribution in [0, 0.1) is 6.92 Å². The first-order chi connectivity index (χ1) is 10.8. The Labute approximate surface area is 139 Å². The standard InChI is InChI=1S/C19H29NO3/c1-12(2)17-8-7-13(3)9-18(17)23-16(6)19(21)20-10-14(4)22-15(5)11-20/h7-9,12,14-16H,10-11H2,1-6H3. The van der Waals surface area contributed by atoms with E-state index in [4.69, 9.17) is 9.47 Å². The molecule has 1 aliphatic heterocycles. The van der Waals surface area contributed by atoms with E-state index < -0.39 is 6.10 Å². The van der Waals surface area contributed by atoms with Crippen LogP contribution < -0.4 is 4.74 Å². The molecule has 3 unspecified atom stereocenters. The Hall–Kier alpha value is -1.55. The number of benzene rings is 1. The van der Waals surface area contributed by atoms with Crippen molar-refractivity contribution in [3.8, 4) is 5.75 Å². The molecule has 1 aromatic rings. The molecule has 128 valence electrons. The number of ether oxygens (including phenoxy) is 2. The number of amides is 1. The minimum atomic E-state index is -0.494. The first kappa shape index (κ1) is 17.8. The van der Waals surface area contributed by atoms with Crippen molar-refractivity contribution in [3.05, 3.63) is 29.3 Å². The summed E-state index contributed by atoms with van der Waals surface area (Å²) in [5.41, 5.74) is 2.27. The van der Waals surface area contributed by atoms with E-state index in [9.17, 15) is 4.79 Å². The van der Waals surface area contributed by atoms with E-state index in [1.807, 2.05) is 38.7 Å². The summed E-state index contributed by atoms with van der Waals surface area (Å²) in [7, 11) is 0. The van der Waals surface area contributed by atoms with E-state index in [1.54, 1.807) is 0 Å². The van der Waals surface area contributed by atoms with Gasteiger partial charge in [-0.1, -0.05) is 26.0 Å². The van der Waals surface area contributed by atoms with Gasteiger partial charge in [-0.15, -0.1) is 0 Å². The Morgan fingerprint density at radius 2 is 1.83 bits per heavy atom. The van der Waals surface area contributed by atoms with E-state index in [-0.39, 0.29) is 18.1 Å². The number of rotatable bonds is 4. The summed E-state index contributed by atoms with van der Waals surface area (Å²) in [6.07, 6.45) is -0.355. The lowest BCUT2D eigenvalue weighted by molar-refractivity contribution is -0.149. The second-order valence-electron chi connectivity index (χ2n) is 6.96. The molecule has 0 N–H and O–H groups in total. The van der Waals surface area contributed by atoms with Crippen molar-refractivity contribution in [3.63, 3.8) is 0 Å². The number of nitrogens with zero attached hydrogens (tertiary/aromatic N) is 1. The van der Waals surface area contributed by atoms with Gasteiger partial charge in [-0.05, 0) is 50.8 Å². The summed E-state index contributed by atoms with van der Waals surface area (Å²) in [4.78, 5) is 14.6. The van der Waals surface area contributed by atoms with Gasteiger partial charge in [0.15, 0.2) is 6.10 Å². The fraction of sp³-hybridized carbons (Fsp3) is 0.632. The zero-order chi connectivity index (χ0) is 17.1. The number of hydrogen-bond donors (Lipinski definition) is 0. The molecule has 3 atom stereocenters. The topological polar surface area (TPSA) is 38.8 Å². The van der Waals surface area contributed by atoms with Gasteiger partial charge in [0.25, 0.3) is 5.91 Å². The Bertz CT molecular complexity index is 546. The van der Waals surface area contributed by atoms with Crippen LogP contribution >= 0.6 is 0 Å². The zero-order valence-electron chi connectivity index (χ0n) is 15.1. The molecular weight excluding hydrogens is 290 g/mol. The number of carbonyl (C=O) groups is 1. The van der Waals surface area contributed by atoms with E-state index in [1.165, 1.54) is 0 Å². The van der Waals surface area contributed by atoms with Crippen molar-refractivity contribution in [1.82, 2.24) is 4.90 Å². The first-order valence-electron chi connectivity index (χ1n) is 8.49. The molecule has 1 aliphatic rings. The molecule has 0 radical (unpaired) electrons. The van der Waals surface area contributed by atoms with Crippen molar-refractivity contribution < 1.29 is 14.3 Å². The minimum Gasteiger partial charge on any atom is -0.481 e. The molecule has 0 aromatic heterocycles. The third-order valence-electron chi connectivity index (χ3n) is 4.17. The maximum atomic E-state index is 12.7. The summed E-state index contributed by atoms with van der Waals surface area (Å²) in [5, 5.41) is 0. The van der Waals surface area contributed by atoms with Crippen LogP contribution in [0.3, 0.4) is 0 Å². The van der Waals surface area contributed by atoms with Gasteiger partial charge >= 0.3 is 0 Å². The van der Waals surface area contributed by atoms with Crippen LogP contribution in [-0.2, 0) is 9.53 Å². The van der Waals surface area contributed by atoms with E-state index in [2.05, 4.69) is 26.0 Å². The molecule has 0 bridgehead atoms. The fourth-order valence-electron chi connectivity index (χ4n) is 3.08. The second kappa shape index (κ2) is 7.35. The number of carbonyl (C=O) groups excluding carboxylic acids is 1. The normalized spacial score (nSPS) is 23.0. The van der Waals surface area contributed by atoms with Crippen LogP contribution in [0.5, 0.6) is 5.75 Å². The third-order valence-corrected chi connectivity index (χ3v) is 4.17. The number of morpholine rings is 1. The molecule has 1 amide bonds. The minimum absolute atomic E-state index is 0.0308. The van der Waals surface area contributed by atoms with Crippen molar-refractivity contribution in [2.45, 2.75) is 65.8 Å². The lowest BCUT2D eigenvalue weighted by atomic mass is 10.0. The number of hydrogen-bond acceptors (Lipinski definition) is 3. The molecule has 0 spiro atoms. The van der Waals surface area contributed by atoms with E-state index >= 15 is 0 Å². The first-order valence-corrected chi connectivity index (χ1v) is 8.49. The molecule has 1 saturated heterocycles. The van der Waals surface area contributed by atoms with Gasteiger partial charge in [-0.25, -0.2) is 0 Å². The Morgan fingerprint density at radius 3 is 2.39 bits per heavy atom. The van der Waals surface area contributed by atoms with E-state index in [0.29, 0.717) is 19.0 Å². The highest BCUT2D eigenvalue weighted by Gasteiger charge is 2.30. The van der Waals surface area contributed by atoms with Crippen molar-refractivity contribution >= 4 is 5.91 Å². The average molecular weight is 319 g/mol. The highest BCUT2D eigenvalue weighted by molar-refractivity contribution is 5.81. The Balaban J connectivity index is 2.11. The van der Waals surface area contributed by atoms with Crippen LogP contribution in [0.15, 0.2) is 18.2 Å². The van der Waals surface area contributed by atoms with Crippen LogP contribution in [0.4, 0.5) is 0 Å². The molecule has 1 aromatic carbocycles. The summed E-state index contributed by atoms with van der Waals surface area (Å²) in [5.74, 6) is 1.20. The number of aryl methyl sites for hydroxylation is 1. The predicted molar refractivity (Wildman–Crippen MR) is 91.9 cm³/mol. The SMILES string of the molecule is Cc1ccc(C(C)C)c(OC(C)C(=O)N2CC(C)OC(C)C2)c1. The van der Waals surface area contributed by atoms with Crippen LogP contribution in [0.2, 0.25) is 0 Å². The average Bonchev–Trinajstić information content (AvgIpc) is 2.45. The second-order valence-corrected chi connectivity index (χ2v) is 6.96. The van der Waals surface area contributed by atoms with Crippen molar-refractivity contribution in [1.29, 1.82) is 0 Å². The van der Waals surface area contributed by atoms with Gasteiger partial charge in [-0.3, -0.25) is 4.79 Å². The lowest BCUT2D eigenvalue weighted by Gasteiger charge is -2.36. The fourth-order valence-corrected chi connectivity index (χ4v) is 3.08. The summed E-state index contributed by atoms with van der Waals surface area (Å²) >= 11 is 0. The van der Waals surface area contributed by atoms with Gasteiger partial charge in [0, 0.05) is 13.1 Å². The van der Waals surface area contributed by atoms with Gasteiger partial charge in [0.1, 0.15) is 5.75 Å².